The zero-order valence-electron chi connectivity index (χ0n) is 20.4. The van der Waals surface area contributed by atoms with Crippen molar-refractivity contribution in [1.29, 1.82) is 0 Å². The fraction of sp³-hybridized carbons (Fsp3) is 0.810. The van der Waals surface area contributed by atoms with Crippen LogP contribution in [0.3, 0.4) is 0 Å². The minimum atomic E-state index is -1.08. The quantitative estimate of drug-likeness (QED) is 0.460. The van der Waals surface area contributed by atoms with E-state index in [-0.39, 0.29) is 19.8 Å². The molecule has 2 fully saturated rings. The second-order valence-corrected chi connectivity index (χ2v) is 9.39. The third-order valence-electron chi connectivity index (χ3n) is 4.27. The van der Waals surface area contributed by atoms with Crippen molar-refractivity contribution in [2.45, 2.75) is 64.8 Å². The van der Waals surface area contributed by atoms with Crippen LogP contribution in [0.5, 0.6) is 0 Å². The first-order valence-electron chi connectivity index (χ1n) is 10.6. The molecule has 190 valence electrons. The smallest absolute Gasteiger partial charge is 0.411 e. The van der Waals surface area contributed by atoms with Crippen LogP contribution in [0.25, 0.3) is 0 Å². The SMILES string of the molecule is CC(C)(C)OC(=O)N1CCOC[C@H]1C(=O)O.COC(=O)[C@@H]1COCCN1C(=O)OC(C)(C)C. The van der Waals surface area contributed by atoms with E-state index >= 15 is 0 Å². The lowest BCUT2D eigenvalue weighted by Gasteiger charge is -2.34. The Morgan fingerprint density at radius 1 is 0.788 bits per heavy atom. The van der Waals surface area contributed by atoms with Crippen molar-refractivity contribution >= 4 is 24.1 Å². The molecule has 2 amide bonds. The van der Waals surface area contributed by atoms with E-state index in [1.54, 1.807) is 41.5 Å². The van der Waals surface area contributed by atoms with Crippen LogP contribution in [0.1, 0.15) is 41.5 Å². The molecule has 12 nitrogen and oxygen atoms in total. The minimum absolute atomic E-state index is 0.00851. The van der Waals surface area contributed by atoms with Crippen molar-refractivity contribution in [3.63, 3.8) is 0 Å². The molecule has 0 radical (unpaired) electrons. The summed E-state index contributed by atoms with van der Waals surface area (Å²) in [7, 11) is 1.28. The van der Waals surface area contributed by atoms with Gasteiger partial charge >= 0.3 is 24.1 Å². The summed E-state index contributed by atoms with van der Waals surface area (Å²) in [6, 6.07) is -1.67. The zero-order valence-corrected chi connectivity index (χ0v) is 20.4. The molecule has 0 aromatic rings. The molecule has 0 unspecified atom stereocenters. The largest absolute Gasteiger partial charge is 0.480 e. The number of hydrogen-bond acceptors (Lipinski definition) is 9. The van der Waals surface area contributed by atoms with Gasteiger partial charge in [0.1, 0.15) is 11.2 Å². The summed E-state index contributed by atoms with van der Waals surface area (Å²) >= 11 is 0. The second-order valence-electron chi connectivity index (χ2n) is 9.39. The number of methoxy groups -OCH3 is 1. The summed E-state index contributed by atoms with van der Waals surface area (Å²) in [6.07, 6.45) is -1.13. The monoisotopic (exact) mass is 476 g/mol. The number of morpholine rings is 2. The van der Waals surface area contributed by atoms with Gasteiger partial charge in [0.05, 0.1) is 33.5 Å². The highest BCUT2D eigenvalue weighted by atomic mass is 16.6. The van der Waals surface area contributed by atoms with Crippen LogP contribution in [0, 0.1) is 0 Å². The molecule has 0 aromatic heterocycles. The van der Waals surface area contributed by atoms with Crippen molar-refractivity contribution in [3.8, 4) is 0 Å². The zero-order chi connectivity index (χ0) is 25.4. The van der Waals surface area contributed by atoms with E-state index in [2.05, 4.69) is 4.74 Å². The molecule has 0 aromatic carbocycles. The van der Waals surface area contributed by atoms with Crippen LogP contribution in [0.15, 0.2) is 0 Å². The van der Waals surface area contributed by atoms with Gasteiger partial charge in [-0.25, -0.2) is 19.2 Å². The number of carboxylic acid groups (broad SMARTS) is 1. The van der Waals surface area contributed by atoms with Gasteiger partial charge in [-0.05, 0) is 41.5 Å². The highest BCUT2D eigenvalue weighted by molar-refractivity contribution is 5.82. The molecule has 0 spiro atoms. The summed E-state index contributed by atoms with van der Waals surface area (Å²) in [5.41, 5.74) is -1.21. The van der Waals surface area contributed by atoms with Gasteiger partial charge in [0, 0.05) is 13.1 Å². The number of amides is 2. The Labute approximate surface area is 194 Å². The third-order valence-corrected chi connectivity index (χ3v) is 4.27. The van der Waals surface area contributed by atoms with Gasteiger partial charge in [-0.3, -0.25) is 9.80 Å². The van der Waals surface area contributed by atoms with Crippen LogP contribution >= 0.6 is 0 Å². The van der Waals surface area contributed by atoms with Crippen molar-refractivity contribution in [2.24, 2.45) is 0 Å². The number of hydrogen-bond donors (Lipinski definition) is 1. The molecule has 0 bridgehead atoms. The number of carbonyl (C=O) groups excluding carboxylic acids is 3. The van der Waals surface area contributed by atoms with E-state index in [9.17, 15) is 19.2 Å². The number of aliphatic carboxylic acids is 1. The molecule has 2 rings (SSSR count). The Bertz CT molecular complexity index is 698. The second kappa shape index (κ2) is 12.0. The van der Waals surface area contributed by atoms with Crippen molar-refractivity contribution in [1.82, 2.24) is 9.80 Å². The molecule has 33 heavy (non-hydrogen) atoms. The Hall–Kier alpha value is -2.60. The number of rotatable bonds is 2. The number of ether oxygens (including phenoxy) is 5. The van der Waals surface area contributed by atoms with Gasteiger partial charge < -0.3 is 28.8 Å². The first-order valence-corrected chi connectivity index (χ1v) is 10.6. The predicted octanol–water partition coefficient (Wildman–Crippen LogP) is 1.50. The number of carbonyl (C=O) groups is 4. The standard InChI is InChI=1S/C11H19NO5.C10H17NO5/c1-11(2,3)17-10(14)12-5-6-16-7-8(12)9(13)15-4;1-10(2,3)16-9(14)11-4-5-15-6-7(11)8(12)13/h8H,5-7H2,1-4H3;7H,4-6H2,1-3H3,(H,12,13)/t8-;7-/m00/s1. The lowest BCUT2D eigenvalue weighted by Crippen LogP contribution is -2.54. The average molecular weight is 477 g/mol. The van der Waals surface area contributed by atoms with E-state index in [0.29, 0.717) is 19.8 Å². The Morgan fingerprint density at radius 3 is 1.55 bits per heavy atom. The summed E-state index contributed by atoms with van der Waals surface area (Å²) in [4.78, 5) is 48.5. The maximum absolute atomic E-state index is 11.9. The van der Waals surface area contributed by atoms with Gasteiger partial charge in [0.25, 0.3) is 0 Å². The van der Waals surface area contributed by atoms with E-state index in [4.69, 9.17) is 24.1 Å². The molecule has 2 saturated heterocycles. The van der Waals surface area contributed by atoms with Gasteiger partial charge in [-0.2, -0.15) is 0 Å². The number of nitrogens with zero attached hydrogens (tertiary/aromatic N) is 2. The molecular formula is C21H36N2O10. The average Bonchev–Trinajstić information content (AvgIpc) is 2.71. The van der Waals surface area contributed by atoms with Crippen molar-refractivity contribution < 1.29 is 48.0 Å². The number of carboxylic acids is 1. The molecule has 12 heteroatoms. The molecule has 0 saturated carbocycles. The Balaban J connectivity index is 0.000000331. The van der Waals surface area contributed by atoms with E-state index in [1.165, 1.54) is 16.9 Å². The lowest BCUT2D eigenvalue weighted by atomic mass is 10.2. The highest BCUT2D eigenvalue weighted by Gasteiger charge is 2.36. The Kier molecular flexibility index (Phi) is 10.4. The van der Waals surface area contributed by atoms with E-state index in [0.717, 1.165) is 0 Å². The fourth-order valence-corrected chi connectivity index (χ4v) is 2.82. The predicted molar refractivity (Wildman–Crippen MR) is 115 cm³/mol. The molecule has 2 aliphatic rings. The normalized spacial score (nSPS) is 21.3. The maximum atomic E-state index is 11.9. The Morgan fingerprint density at radius 2 is 1.18 bits per heavy atom. The molecule has 0 aliphatic carbocycles. The molecule has 2 heterocycles. The van der Waals surface area contributed by atoms with Gasteiger partial charge in [-0.15, -0.1) is 0 Å². The topological polar surface area (TPSA) is 141 Å². The fourth-order valence-electron chi connectivity index (χ4n) is 2.82. The minimum Gasteiger partial charge on any atom is -0.480 e. The molecule has 1 N–H and O–H groups in total. The van der Waals surface area contributed by atoms with Crippen LogP contribution in [-0.2, 0) is 33.3 Å². The van der Waals surface area contributed by atoms with E-state index in [1.807, 2.05) is 0 Å². The van der Waals surface area contributed by atoms with Crippen LogP contribution in [0.4, 0.5) is 9.59 Å². The van der Waals surface area contributed by atoms with Crippen molar-refractivity contribution in [2.75, 3.05) is 46.6 Å². The first kappa shape index (κ1) is 28.4. The highest BCUT2D eigenvalue weighted by Crippen LogP contribution is 2.16. The maximum Gasteiger partial charge on any atom is 0.411 e. The number of esters is 1. The van der Waals surface area contributed by atoms with Gasteiger partial charge in [-0.1, -0.05) is 0 Å². The summed E-state index contributed by atoms with van der Waals surface area (Å²) in [6.45, 7) is 12.0. The summed E-state index contributed by atoms with van der Waals surface area (Å²) in [5, 5.41) is 8.93. The van der Waals surface area contributed by atoms with Crippen LogP contribution in [-0.4, -0.2) is 109 Å². The van der Waals surface area contributed by atoms with Crippen molar-refractivity contribution in [3.05, 3.63) is 0 Å². The first-order chi connectivity index (χ1) is 15.2. The third kappa shape index (κ3) is 9.82. The summed E-state index contributed by atoms with van der Waals surface area (Å²) < 4.78 is 25.2. The lowest BCUT2D eigenvalue weighted by molar-refractivity contribution is -0.152. The van der Waals surface area contributed by atoms with Gasteiger partial charge in [0.2, 0.25) is 0 Å². The van der Waals surface area contributed by atoms with Crippen LogP contribution < -0.4 is 0 Å². The molecule has 2 aliphatic heterocycles. The van der Waals surface area contributed by atoms with Crippen LogP contribution in [0.2, 0.25) is 0 Å². The molecular weight excluding hydrogens is 440 g/mol. The van der Waals surface area contributed by atoms with Gasteiger partial charge in [0.15, 0.2) is 12.1 Å². The van der Waals surface area contributed by atoms with E-state index < -0.39 is 47.4 Å². The summed E-state index contributed by atoms with van der Waals surface area (Å²) in [5.74, 6) is -1.57. The molecule has 2 atom stereocenters.